The number of benzene rings is 1. The van der Waals surface area contributed by atoms with Gasteiger partial charge in [0.15, 0.2) is 0 Å². The van der Waals surface area contributed by atoms with Crippen LogP contribution in [-0.2, 0) is 6.54 Å². The van der Waals surface area contributed by atoms with Crippen LogP contribution in [-0.4, -0.2) is 9.55 Å². The summed E-state index contributed by atoms with van der Waals surface area (Å²) in [7, 11) is 0. The molecule has 1 aromatic heterocycles. The van der Waals surface area contributed by atoms with Crippen molar-refractivity contribution in [3.63, 3.8) is 0 Å². The number of aromatic amines is 1. The molecule has 0 atom stereocenters. The summed E-state index contributed by atoms with van der Waals surface area (Å²) in [6.07, 6.45) is 1.28. The molecule has 0 aliphatic rings. The van der Waals surface area contributed by atoms with Crippen LogP contribution in [0.3, 0.4) is 0 Å². The van der Waals surface area contributed by atoms with E-state index in [1.807, 2.05) is 30.3 Å². The van der Waals surface area contributed by atoms with E-state index in [1.165, 1.54) is 10.8 Å². The zero-order valence-corrected chi connectivity index (χ0v) is 10.1. The van der Waals surface area contributed by atoms with Crippen molar-refractivity contribution in [2.75, 3.05) is 0 Å². The number of nitrogens with one attached hydrogen (secondary N) is 1. The highest BCUT2D eigenvalue weighted by molar-refractivity contribution is 6.30. The third kappa shape index (κ3) is 2.90. The Labute approximate surface area is 108 Å². The summed E-state index contributed by atoms with van der Waals surface area (Å²) < 4.78 is 1.25. The lowest BCUT2D eigenvalue weighted by Crippen LogP contribution is -2.29. The Morgan fingerprint density at radius 3 is 2.67 bits per heavy atom. The van der Waals surface area contributed by atoms with Crippen molar-refractivity contribution in [3.8, 4) is 11.8 Å². The minimum absolute atomic E-state index is 0.0314. The smallest absolute Gasteiger partial charge is 0.287 e. The van der Waals surface area contributed by atoms with Gasteiger partial charge in [-0.1, -0.05) is 41.6 Å². The molecule has 0 saturated heterocycles. The SMILES string of the molecule is O=c1[nH]c(=O)n(CC#Cc2ccccc2)cc1Cl. The number of halogens is 1. The highest BCUT2D eigenvalue weighted by atomic mass is 35.5. The Morgan fingerprint density at radius 2 is 1.94 bits per heavy atom. The van der Waals surface area contributed by atoms with Crippen molar-refractivity contribution in [3.05, 3.63) is 68.0 Å². The lowest BCUT2D eigenvalue weighted by Gasteiger charge is -1.98. The maximum Gasteiger partial charge on any atom is 0.329 e. The van der Waals surface area contributed by atoms with Crippen LogP contribution in [0.1, 0.15) is 5.56 Å². The molecular formula is C13H9ClN2O2. The third-order valence-electron chi connectivity index (χ3n) is 2.22. The second-order valence-corrected chi connectivity index (χ2v) is 3.94. The fraction of sp³-hybridized carbons (Fsp3) is 0.0769. The largest absolute Gasteiger partial charge is 0.329 e. The molecule has 0 amide bonds. The van der Waals surface area contributed by atoms with Crippen LogP contribution < -0.4 is 11.2 Å². The molecule has 0 spiro atoms. The molecule has 1 N–H and O–H groups in total. The van der Waals surface area contributed by atoms with Gasteiger partial charge < -0.3 is 0 Å². The summed E-state index contributed by atoms with van der Waals surface area (Å²) >= 11 is 5.63. The average molecular weight is 261 g/mol. The molecule has 2 rings (SSSR count). The predicted molar refractivity (Wildman–Crippen MR) is 69.7 cm³/mol. The molecule has 0 saturated carbocycles. The van der Waals surface area contributed by atoms with Gasteiger partial charge in [-0.3, -0.25) is 14.3 Å². The number of hydrogen-bond acceptors (Lipinski definition) is 2. The Kier molecular flexibility index (Phi) is 3.66. The van der Waals surface area contributed by atoms with E-state index in [-0.39, 0.29) is 11.6 Å². The van der Waals surface area contributed by atoms with E-state index in [9.17, 15) is 9.59 Å². The van der Waals surface area contributed by atoms with Gasteiger partial charge in [-0.25, -0.2) is 4.79 Å². The van der Waals surface area contributed by atoms with E-state index in [1.54, 1.807) is 0 Å². The molecule has 0 bridgehead atoms. The number of nitrogens with zero attached hydrogens (tertiary/aromatic N) is 1. The van der Waals surface area contributed by atoms with Crippen LogP contribution in [0.15, 0.2) is 46.1 Å². The molecule has 4 nitrogen and oxygen atoms in total. The summed E-state index contributed by atoms with van der Waals surface area (Å²) in [6, 6.07) is 9.41. The van der Waals surface area contributed by atoms with E-state index in [2.05, 4.69) is 16.8 Å². The molecule has 0 fully saturated rings. The maximum absolute atomic E-state index is 11.4. The van der Waals surface area contributed by atoms with Crippen LogP contribution in [0, 0.1) is 11.8 Å². The van der Waals surface area contributed by atoms with Crippen LogP contribution in [0.25, 0.3) is 0 Å². The van der Waals surface area contributed by atoms with E-state index in [0.717, 1.165) is 5.56 Å². The summed E-state index contributed by atoms with van der Waals surface area (Å²) in [5.41, 5.74) is -0.248. The van der Waals surface area contributed by atoms with Gasteiger partial charge in [-0.15, -0.1) is 0 Å². The number of H-pyrrole nitrogens is 1. The van der Waals surface area contributed by atoms with Crippen LogP contribution in [0.4, 0.5) is 0 Å². The fourth-order valence-electron chi connectivity index (χ4n) is 1.35. The van der Waals surface area contributed by atoms with E-state index in [4.69, 9.17) is 11.6 Å². The lowest BCUT2D eigenvalue weighted by atomic mass is 10.2. The molecule has 0 unspecified atom stereocenters. The van der Waals surface area contributed by atoms with Gasteiger partial charge in [0.05, 0.1) is 6.54 Å². The molecule has 2 aromatic rings. The molecule has 5 heteroatoms. The second kappa shape index (κ2) is 5.39. The minimum atomic E-state index is -0.589. The van der Waals surface area contributed by atoms with Crippen LogP contribution in [0.2, 0.25) is 5.02 Å². The quantitative estimate of drug-likeness (QED) is 0.785. The third-order valence-corrected chi connectivity index (χ3v) is 2.49. The van der Waals surface area contributed by atoms with Gasteiger partial charge in [0, 0.05) is 11.8 Å². The van der Waals surface area contributed by atoms with Gasteiger partial charge >= 0.3 is 5.69 Å². The molecular weight excluding hydrogens is 252 g/mol. The molecule has 18 heavy (non-hydrogen) atoms. The van der Waals surface area contributed by atoms with Crippen molar-refractivity contribution < 1.29 is 0 Å². The fourth-order valence-corrected chi connectivity index (χ4v) is 1.51. The van der Waals surface area contributed by atoms with Crippen molar-refractivity contribution >= 4 is 11.6 Å². The first-order valence-electron chi connectivity index (χ1n) is 5.20. The topological polar surface area (TPSA) is 54.9 Å². The number of aromatic nitrogens is 2. The number of rotatable bonds is 1. The summed E-state index contributed by atoms with van der Waals surface area (Å²) in [5.74, 6) is 5.75. The number of hydrogen-bond donors (Lipinski definition) is 1. The summed E-state index contributed by atoms with van der Waals surface area (Å²) in [6.45, 7) is 0.171. The molecule has 0 aliphatic heterocycles. The zero-order valence-electron chi connectivity index (χ0n) is 9.31. The van der Waals surface area contributed by atoms with E-state index < -0.39 is 11.2 Å². The van der Waals surface area contributed by atoms with Gasteiger partial charge in [0.25, 0.3) is 5.56 Å². The normalized spacial score (nSPS) is 9.61. The van der Waals surface area contributed by atoms with Crippen LogP contribution >= 0.6 is 11.6 Å². The average Bonchev–Trinajstić information content (AvgIpc) is 2.37. The van der Waals surface area contributed by atoms with Crippen LogP contribution in [0.5, 0.6) is 0 Å². The predicted octanol–water partition coefficient (Wildman–Crippen LogP) is 1.24. The second-order valence-electron chi connectivity index (χ2n) is 3.53. The minimum Gasteiger partial charge on any atom is -0.287 e. The molecule has 0 aliphatic carbocycles. The van der Waals surface area contributed by atoms with Gasteiger partial charge in [-0.2, -0.15) is 0 Å². The molecule has 1 aromatic carbocycles. The van der Waals surface area contributed by atoms with Gasteiger partial charge in [-0.05, 0) is 12.1 Å². The van der Waals surface area contributed by atoms with Gasteiger partial charge in [0.2, 0.25) is 0 Å². The van der Waals surface area contributed by atoms with E-state index >= 15 is 0 Å². The molecule has 90 valence electrons. The highest BCUT2D eigenvalue weighted by Gasteiger charge is 1.99. The Balaban J connectivity index is 2.22. The zero-order chi connectivity index (χ0) is 13.0. The monoisotopic (exact) mass is 260 g/mol. The highest BCUT2D eigenvalue weighted by Crippen LogP contribution is 1.96. The standard InChI is InChI=1S/C13H9ClN2O2/c14-11-9-16(13(18)15-12(11)17)8-4-7-10-5-2-1-3-6-10/h1-3,5-6,9H,8H2,(H,15,17,18). The van der Waals surface area contributed by atoms with Gasteiger partial charge in [0.1, 0.15) is 5.02 Å². The Hall–Kier alpha value is -2.25. The first-order valence-corrected chi connectivity index (χ1v) is 5.58. The first-order chi connectivity index (χ1) is 8.66. The Morgan fingerprint density at radius 1 is 1.22 bits per heavy atom. The van der Waals surface area contributed by atoms with Crippen molar-refractivity contribution in [2.45, 2.75) is 6.54 Å². The van der Waals surface area contributed by atoms with E-state index in [0.29, 0.717) is 0 Å². The van der Waals surface area contributed by atoms with Crippen molar-refractivity contribution in [2.24, 2.45) is 0 Å². The Bertz CT molecular complexity index is 720. The summed E-state index contributed by atoms with van der Waals surface area (Å²) in [5, 5.41) is -0.0314. The maximum atomic E-state index is 11.4. The summed E-state index contributed by atoms with van der Waals surface area (Å²) in [4.78, 5) is 24.6. The molecule has 1 heterocycles. The van der Waals surface area contributed by atoms with Crippen molar-refractivity contribution in [1.29, 1.82) is 0 Å². The molecule has 0 radical (unpaired) electrons. The lowest BCUT2D eigenvalue weighted by molar-refractivity contribution is 0.749. The van der Waals surface area contributed by atoms with Crippen molar-refractivity contribution in [1.82, 2.24) is 9.55 Å². The first kappa shape index (κ1) is 12.2.